The van der Waals surface area contributed by atoms with Crippen LogP contribution in [0.5, 0.6) is 0 Å². The maximum Gasteiger partial charge on any atom is 0.408 e. The molecule has 15 heteroatoms. The van der Waals surface area contributed by atoms with Crippen LogP contribution in [-0.4, -0.2) is 78.3 Å². The molecule has 0 aliphatic carbocycles. The van der Waals surface area contributed by atoms with Crippen LogP contribution < -0.4 is 38.1 Å². The molecule has 14 nitrogen and oxygen atoms in total. The van der Waals surface area contributed by atoms with Crippen molar-refractivity contribution in [1.82, 2.24) is 26.6 Å². The minimum absolute atomic E-state index is 0.0322. The molecule has 0 spiro atoms. The van der Waals surface area contributed by atoms with E-state index in [1.54, 1.807) is 0 Å². The van der Waals surface area contributed by atoms with E-state index in [-0.39, 0.29) is 37.9 Å². The number of nitrogens with two attached hydrogens (primary N) is 2. The summed E-state index contributed by atoms with van der Waals surface area (Å²) in [5.41, 5.74) is 11.6. The summed E-state index contributed by atoms with van der Waals surface area (Å²) in [5, 5.41) is 23.1. The Morgan fingerprint density at radius 3 is 2.21 bits per heavy atom. The zero-order chi connectivity index (χ0) is 31.9. The van der Waals surface area contributed by atoms with E-state index in [0.717, 1.165) is 18.4 Å². The standard InChI is InChI=1S/C28H46N8O6S/c1-2-3-15-31-24(39)21(13-9-17-32-26(29)30)35-25(40)22(36-28(41)42-19-20-10-5-4-6-11-20)12-7-8-16-33-27(43)34-18-14-23(37)38/h4-6,10-11,21-22H,2-3,7-9,12-19H2,1H3,(H,31,39)(H,35,40)(H,36,41)(H,37,38)(H4,29,30,32)(H2,33,34,43)/t21-,22-/m0/s1. The molecule has 0 saturated carbocycles. The van der Waals surface area contributed by atoms with Crippen molar-refractivity contribution in [2.45, 2.75) is 77.0 Å². The lowest BCUT2D eigenvalue weighted by molar-refractivity contribution is -0.136. The average Bonchev–Trinajstić information content (AvgIpc) is 2.97. The number of aliphatic imine (C=N–C) groups is 1. The van der Waals surface area contributed by atoms with E-state index in [1.165, 1.54) is 0 Å². The maximum absolute atomic E-state index is 13.4. The molecule has 0 heterocycles. The number of carboxylic acid groups (broad SMARTS) is 1. The van der Waals surface area contributed by atoms with Crippen molar-refractivity contribution in [3.05, 3.63) is 35.9 Å². The van der Waals surface area contributed by atoms with Crippen LogP contribution in [0.3, 0.4) is 0 Å². The highest BCUT2D eigenvalue weighted by molar-refractivity contribution is 7.80. The normalized spacial score (nSPS) is 11.7. The lowest BCUT2D eigenvalue weighted by atomic mass is 10.1. The van der Waals surface area contributed by atoms with Gasteiger partial charge in [-0.25, -0.2) is 4.79 Å². The van der Waals surface area contributed by atoms with Crippen LogP contribution in [0, 0.1) is 0 Å². The molecule has 43 heavy (non-hydrogen) atoms. The van der Waals surface area contributed by atoms with E-state index in [0.29, 0.717) is 50.4 Å². The third kappa shape index (κ3) is 18.8. The number of hydrogen-bond acceptors (Lipinski definition) is 7. The van der Waals surface area contributed by atoms with Gasteiger partial charge in [0.2, 0.25) is 11.8 Å². The van der Waals surface area contributed by atoms with Crippen molar-refractivity contribution in [1.29, 1.82) is 0 Å². The molecule has 2 atom stereocenters. The molecule has 3 amide bonds. The predicted molar refractivity (Wildman–Crippen MR) is 168 cm³/mol. The summed E-state index contributed by atoms with van der Waals surface area (Å²) in [5.74, 6) is -1.83. The van der Waals surface area contributed by atoms with E-state index in [4.69, 9.17) is 33.5 Å². The molecule has 0 saturated heterocycles. The quantitative estimate of drug-likeness (QED) is 0.0415. The molecule has 0 fully saturated rings. The Morgan fingerprint density at radius 1 is 0.884 bits per heavy atom. The molecule has 0 radical (unpaired) electrons. The number of rotatable bonds is 21. The first-order valence-corrected chi connectivity index (χ1v) is 14.9. The molecule has 0 aliphatic rings. The number of amides is 3. The smallest absolute Gasteiger partial charge is 0.408 e. The Bertz CT molecular complexity index is 1040. The van der Waals surface area contributed by atoms with Crippen molar-refractivity contribution < 1.29 is 29.0 Å². The topological polar surface area (TPSA) is 222 Å². The van der Waals surface area contributed by atoms with E-state index in [9.17, 15) is 19.2 Å². The number of alkyl carbamates (subject to hydrolysis) is 1. The van der Waals surface area contributed by atoms with Gasteiger partial charge < -0.3 is 47.9 Å². The second kappa shape index (κ2) is 22.5. The molecule has 1 aromatic rings. The molecule has 1 aromatic carbocycles. The number of ether oxygens (including phenoxy) is 1. The Hall–Kier alpha value is -4.14. The molecule has 0 unspecified atom stereocenters. The summed E-state index contributed by atoms with van der Waals surface area (Å²) >= 11 is 5.13. The third-order valence-electron chi connectivity index (χ3n) is 6.06. The number of nitrogens with one attached hydrogen (secondary N) is 5. The fourth-order valence-corrected chi connectivity index (χ4v) is 3.96. The summed E-state index contributed by atoms with van der Waals surface area (Å²) in [7, 11) is 0. The van der Waals surface area contributed by atoms with Gasteiger partial charge in [0, 0.05) is 26.2 Å². The van der Waals surface area contributed by atoms with Gasteiger partial charge in [0.25, 0.3) is 0 Å². The highest BCUT2D eigenvalue weighted by atomic mass is 32.1. The zero-order valence-electron chi connectivity index (χ0n) is 24.7. The van der Waals surface area contributed by atoms with Crippen LogP contribution >= 0.6 is 12.2 Å². The van der Waals surface area contributed by atoms with Crippen molar-refractivity contribution in [3.8, 4) is 0 Å². The first-order valence-electron chi connectivity index (χ1n) is 14.5. The lowest BCUT2D eigenvalue weighted by Crippen LogP contribution is -2.54. The first-order chi connectivity index (χ1) is 20.6. The van der Waals surface area contributed by atoms with Crippen molar-refractivity contribution in [3.63, 3.8) is 0 Å². The summed E-state index contributed by atoms with van der Waals surface area (Å²) in [6.45, 7) is 3.49. The van der Waals surface area contributed by atoms with Gasteiger partial charge in [0.15, 0.2) is 11.1 Å². The highest BCUT2D eigenvalue weighted by Crippen LogP contribution is 2.07. The molecule has 240 valence electrons. The SMILES string of the molecule is CCCCNC(=O)[C@H](CCCN=C(N)N)NC(=O)[C@H](CCCCNC(=S)NCCC(=O)O)NC(=O)OCc1ccccc1. The summed E-state index contributed by atoms with van der Waals surface area (Å²) < 4.78 is 5.31. The van der Waals surface area contributed by atoms with Crippen LogP contribution in [0.25, 0.3) is 0 Å². The van der Waals surface area contributed by atoms with Gasteiger partial charge in [0.1, 0.15) is 18.7 Å². The Balaban J connectivity index is 2.80. The van der Waals surface area contributed by atoms with Crippen LogP contribution in [0.15, 0.2) is 35.3 Å². The van der Waals surface area contributed by atoms with E-state index in [2.05, 4.69) is 31.6 Å². The monoisotopic (exact) mass is 622 g/mol. The Kier molecular flexibility index (Phi) is 19.3. The van der Waals surface area contributed by atoms with Gasteiger partial charge in [0.05, 0.1) is 6.42 Å². The third-order valence-corrected chi connectivity index (χ3v) is 6.35. The molecule has 0 aliphatic heterocycles. The van der Waals surface area contributed by atoms with Crippen LogP contribution in [0.1, 0.15) is 63.9 Å². The van der Waals surface area contributed by atoms with E-state index in [1.807, 2.05) is 37.3 Å². The van der Waals surface area contributed by atoms with Gasteiger partial charge in [-0.3, -0.25) is 19.4 Å². The second-order valence-corrected chi connectivity index (χ2v) is 10.1. The first kappa shape index (κ1) is 36.9. The number of guanidine groups is 1. The number of carbonyl (C=O) groups is 4. The largest absolute Gasteiger partial charge is 0.481 e. The number of nitrogens with zero attached hydrogens (tertiary/aromatic N) is 1. The highest BCUT2D eigenvalue weighted by Gasteiger charge is 2.27. The molecular weight excluding hydrogens is 576 g/mol. The van der Waals surface area contributed by atoms with Crippen LogP contribution in [0.4, 0.5) is 4.79 Å². The minimum Gasteiger partial charge on any atom is -0.481 e. The van der Waals surface area contributed by atoms with E-state index < -0.39 is 30.1 Å². The van der Waals surface area contributed by atoms with Crippen molar-refractivity contribution in [2.24, 2.45) is 16.5 Å². The Labute approximate surface area is 258 Å². The fraction of sp³-hybridized carbons (Fsp3) is 0.571. The van der Waals surface area contributed by atoms with E-state index >= 15 is 0 Å². The summed E-state index contributed by atoms with van der Waals surface area (Å²) in [6, 6.07) is 7.32. The molecule has 1 rings (SSSR count). The minimum atomic E-state index is -0.965. The predicted octanol–water partition coefficient (Wildman–Crippen LogP) is 0.845. The lowest BCUT2D eigenvalue weighted by Gasteiger charge is -2.23. The number of benzene rings is 1. The van der Waals surface area contributed by atoms with Gasteiger partial charge >= 0.3 is 12.1 Å². The van der Waals surface area contributed by atoms with Crippen LogP contribution in [0.2, 0.25) is 0 Å². The average molecular weight is 623 g/mol. The van der Waals surface area contributed by atoms with Gasteiger partial charge in [-0.05, 0) is 56.3 Å². The molecular formula is C28H46N8O6S. The van der Waals surface area contributed by atoms with Crippen molar-refractivity contribution in [2.75, 3.05) is 26.2 Å². The zero-order valence-corrected chi connectivity index (χ0v) is 25.5. The number of aliphatic carboxylic acids is 1. The number of hydrogen-bond donors (Lipinski definition) is 8. The maximum atomic E-state index is 13.4. The summed E-state index contributed by atoms with van der Waals surface area (Å²) in [4.78, 5) is 53.4. The Morgan fingerprint density at radius 2 is 1.53 bits per heavy atom. The number of unbranched alkanes of at least 4 members (excludes halogenated alkanes) is 2. The van der Waals surface area contributed by atoms with Crippen molar-refractivity contribution >= 4 is 47.2 Å². The van der Waals surface area contributed by atoms with Crippen LogP contribution in [-0.2, 0) is 25.7 Å². The fourth-order valence-electron chi connectivity index (χ4n) is 3.75. The van der Waals surface area contributed by atoms with Gasteiger partial charge in [-0.1, -0.05) is 43.7 Å². The van der Waals surface area contributed by atoms with Gasteiger partial charge in [-0.15, -0.1) is 0 Å². The van der Waals surface area contributed by atoms with Gasteiger partial charge in [-0.2, -0.15) is 0 Å². The molecule has 0 bridgehead atoms. The number of carbonyl (C=O) groups excluding carboxylic acids is 3. The number of thiocarbonyl (C=S) groups is 1. The molecule has 0 aromatic heterocycles. The summed E-state index contributed by atoms with van der Waals surface area (Å²) in [6.07, 6.45) is 3.02. The molecule has 10 N–H and O–H groups in total. The second-order valence-electron chi connectivity index (χ2n) is 9.74. The number of carboxylic acids is 1.